The molecule has 7 heteroatoms. The molecule has 2 heterocycles. The fraction of sp³-hybridized carbons (Fsp3) is 0.261. The summed E-state index contributed by atoms with van der Waals surface area (Å²) in [5.41, 5.74) is 2.52. The predicted octanol–water partition coefficient (Wildman–Crippen LogP) is 4.31. The number of urea groups is 1. The number of aryl methyl sites for hydroxylation is 2. The first-order valence-corrected chi connectivity index (χ1v) is 10.6. The van der Waals surface area contributed by atoms with Gasteiger partial charge in [0.1, 0.15) is 22.9 Å². The molecule has 0 aliphatic carbocycles. The molecule has 1 N–H and O–H groups in total. The van der Waals surface area contributed by atoms with Crippen LogP contribution in [0.25, 0.3) is 0 Å². The lowest BCUT2D eigenvalue weighted by Gasteiger charge is -2.24. The number of aromatic nitrogens is 1. The number of thiazole rings is 1. The van der Waals surface area contributed by atoms with Crippen molar-refractivity contribution in [2.45, 2.75) is 39.5 Å². The van der Waals surface area contributed by atoms with Crippen LogP contribution in [0.3, 0.4) is 0 Å². The van der Waals surface area contributed by atoms with Gasteiger partial charge in [-0.05, 0) is 44.0 Å². The van der Waals surface area contributed by atoms with Crippen LogP contribution in [0.5, 0.6) is 5.75 Å². The van der Waals surface area contributed by atoms with Crippen LogP contribution in [0.1, 0.15) is 34.3 Å². The van der Waals surface area contributed by atoms with Crippen LogP contribution < -0.4 is 10.1 Å². The Balaban J connectivity index is 1.44. The molecule has 0 saturated carbocycles. The first kappa shape index (κ1) is 20.1. The lowest BCUT2D eigenvalue weighted by atomic mass is 9.88. The molecule has 1 saturated heterocycles. The number of carbonyl (C=O) groups excluding carboxylic acids is 2. The summed E-state index contributed by atoms with van der Waals surface area (Å²) in [6, 6.07) is 15.0. The minimum atomic E-state index is -1.07. The molecule has 1 aliphatic rings. The minimum absolute atomic E-state index is 0.132. The molecular formula is C23H23N3O3S. The van der Waals surface area contributed by atoms with Gasteiger partial charge in [0.05, 0.1) is 12.2 Å². The van der Waals surface area contributed by atoms with Gasteiger partial charge in [-0.2, -0.15) is 0 Å². The van der Waals surface area contributed by atoms with Crippen molar-refractivity contribution in [2.75, 3.05) is 0 Å². The van der Waals surface area contributed by atoms with E-state index in [1.165, 1.54) is 21.8 Å². The van der Waals surface area contributed by atoms with Gasteiger partial charge in [-0.3, -0.25) is 9.69 Å². The lowest BCUT2D eigenvalue weighted by molar-refractivity contribution is -0.131. The molecule has 1 fully saturated rings. The number of imide groups is 1. The molecule has 3 amide bonds. The third-order valence-corrected chi connectivity index (χ3v) is 6.13. The molecule has 2 aromatic carbocycles. The van der Waals surface area contributed by atoms with Crippen molar-refractivity contribution in [3.05, 3.63) is 81.3 Å². The zero-order valence-corrected chi connectivity index (χ0v) is 18.0. The Morgan fingerprint density at radius 2 is 1.83 bits per heavy atom. The van der Waals surface area contributed by atoms with Crippen LogP contribution in [0.15, 0.2) is 53.9 Å². The van der Waals surface area contributed by atoms with E-state index >= 15 is 0 Å². The fourth-order valence-electron chi connectivity index (χ4n) is 3.59. The monoisotopic (exact) mass is 421 g/mol. The molecule has 4 rings (SSSR count). The van der Waals surface area contributed by atoms with E-state index in [1.54, 1.807) is 6.92 Å². The minimum Gasteiger partial charge on any atom is -0.486 e. The highest BCUT2D eigenvalue weighted by molar-refractivity contribution is 7.09. The average Bonchev–Trinajstić information content (AvgIpc) is 3.26. The van der Waals surface area contributed by atoms with Crippen molar-refractivity contribution in [3.8, 4) is 5.75 Å². The zero-order chi connectivity index (χ0) is 21.3. The smallest absolute Gasteiger partial charge is 0.325 e. The summed E-state index contributed by atoms with van der Waals surface area (Å²) in [5, 5.41) is 5.50. The van der Waals surface area contributed by atoms with E-state index in [2.05, 4.69) is 10.3 Å². The van der Waals surface area contributed by atoms with Crippen LogP contribution in [-0.2, 0) is 23.5 Å². The predicted molar refractivity (Wildman–Crippen MR) is 115 cm³/mol. The zero-order valence-electron chi connectivity index (χ0n) is 17.1. The number of ether oxygens (including phenoxy) is 1. The Kier molecular flexibility index (Phi) is 5.30. The molecule has 154 valence electrons. The second-order valence-electron chi connectivity index (χ2n) is 7.60. The summed E-state index contributed by atoms with van der Waals surface area (Å²) in [6.45, 7) is 6.18. The first-order valence-electron chi connectivity index (χ1n) is 9.70. The van der Waals surface area contributed by atoms with Crippen molar-refractivity contribution in [2.24, 2.45) is 0 Å². The van der Waals surface area contributed by atoms with Crippen molar-refractivity contribution >= 4 is 23.3 Å². The maximum Gasteiger partial charge on any atom is 0.325 e. The molecule has 1 aliphatic heterocycles. The number of nitrogens with zero attached hydrogens (tertiary/aromatic N) is 2. The maximum atomic E-state index is 13.1. The molecular weight excluding hydrogens is 398 g/mol. The normalized spacial score (nSPS) is 18.6. The van der Waals surface area contributed by atoms with E-state index in [-0.39, 0.29) is 12.5 Å². The van der Waals surface area contributed by atoms with Gasteiger partial charge in [-0.1, -0.05) is 42.0 Å². The standard InChI is InChI=1S/C23H23N3O3S/c1-15-8-10-18(11-9-15)29-13-20-24-17(14-30-20)12-26-21(27)23(3,25-22(26)28)19-7-5-4-6-16(19)2/h4-11,14H,12-13H2,1-3H3,(H,25,28). The molecule has 1 unspecified atom stereocenters. The second-order valence-corrected chi connectivity index (χ2v) is 8.54. The van der Waals surface area contributed by atoms with Crippen molar-refractivity contribution in [1.82, 2.24) is 15.2 Å². The Bertz CT molecular complexity index is 1090. The molecule has 0 radical (unpaired) electrons. The van der Waals surface area contributed by atoms with Gasteiger partial charge in [0.25, 0.3) is 5.91 Å². The van der Waals surface area contributed by atoms with Crippen LogP contribution in [0, 0.1) is 13.8 Å². The summed E-state index contributed by atoms with van der Waals surface area (Å²) < 4.78 is 5.76. The van der Waals surface area contributed by atoms with Gasteiger partial charge in [0.2, 0.25) is 0 Å². The van der Waals surface area contributed by atoms with E-state index in [4.69, 9.17) is 4.74 Å². The molecule has 0 bridgehead atoms. The van der Waals surface area contributed by atoms with Gasteiger partial charge < -0.3 is 10.1 Å². The van der Waals surface area contributed by atoms with Crippen LogP contribution in [-0.4, -0.2) is 21.8 Å². The van der Waals surface area contributed by atoms with Crippen LogP contribution >= 0.6 is 11.3 Å². The van der Waals surface area contributed by atoms with E-state index in [0.717, 1.165) is 21.9 Å². The molecule has 6 nitrogen and oxygen atoms in total. The number of carbonyl (C=O) groups is 2. The van der Waals surface area contributed by atoms with Gasteiger partial charge in [0, 0.05) is 5.38 Å². The van der Waals surface area contributed by atoms with E-state index < -0.39 is 11.6 Å². The Morgan fingerprint density at radius 3 is 2.57 bits per heavy atom. The third-order valence-electron chi connectivity index (χ3n) is 5.26. The molecule has 0 spiro atoms. The quantitative estimate of drug-likeness (QED) is 0.602. The largest absolute Gasteiger partial charge is 0.486 e. The SMILES string of the molecule is Cc1ccc(OCc2nc(CN3C(=O)NC(C)(c4ccccc4C)C3=O)cs2)cc1. The third kappa shape index (κ3) is 3.80. The number of hydrogen-bond acceptors (Lipinski definition) is 5. The number of amides is 3. The van der Waals surface area contributed by atoms with Gasteiger partial charge >= 0.3 is 6.03 Å². The highest BCUT2D eigenvalue weighted by Crippen LogP contribution is 2.31. The summed E-state index contributed by atoms with van der Waals surface area (Å²) >= 11 is 1.45. The van der Waals surface area contributed by atoms with E-state index in [0.29, 0.717) is 12.3 Å². The summed E-state index contributed by atoms with van der Waals surface area (Å²) in [7, 11) is 0. The molecule has 1 aromatic heterocycles. The lowest BCUT2D eigenvalue weighted by Crippen LogP contribution is -2.41. The van der Waals surface area contributed by atoms with Gasteiger partial charge in [-0.25, -0.2) is 9.78 Å². The Morgan fingerprint density at radius 1 is 1.10 bits per heavy atom. The van der Waals surface area contributed by atoms with Crippen LogP contribution in [0.4, 0.5) is 4.79 Å². The second kappa shape index (κ2) is 7.91. The van der Waals surface area contributed by atoms with Gasteiger partial charge in [-0.15, -0.1) is 11.3 Å². The average molecular weight is 422 g/mol. The highest BCUT2D eigenvalue weighted by Gasteiger charge is 2.49. The van der Waals surface area contributed by atoms with Gasteiger partial charge in [0.15, 0.2) is 0 Å². The van der Waals surface area contributed by atoms with Crippen LogP contribution in [0.2, 0.25) is 0 Å². The van der Waals surface area contributed by atoms with Crippen molar-refractivity contribution < 1.29 is 14.3 Å². The number of nitrogens with one attached hydrogen (secondary N) is 1. The fourth-order valence-corrected chi connectivity index (χ4v) is 4.28. The Labute approximate surface area is 179 Å². The number of benzene rings is 2. The maximum absolute atomic E-state index is 13.1. The van der Waals surface area contributed by atoms with E-state index in [1.807, 2.05) is 67.8 Å². The number of hydrogen-bond donors (Lipinski definition) is 1. The molecule has 30 heavy (non-hydrogen) atoms. The molecule has 1 atom stereocenters. The summed E-state index contributed by atoms with van der Waals surface area (Å²) in [4.78, 5) is 31.5. The van der Waals surface area contributed by atoms with Crippen molar-refractivity contribution in [3.63, 3.8) is 0 Å². The summed E-state index contributed by atoms with van der Waals surface area (Å²) in [6.07, 6.45) is 0. The first-order chi connectivity index (χ1) is 14.4. The van der Waals surface area contributed by atoms with Crippen molar-refractivity contribution in [1.29, 1.82) is 0 Å². The Hall–Kier alpha value is -3.19. The number of rotatable bonds is 6. The van der Waals surface area contributed by atoms with E-state index in [9.17, 15) is 9.59 Å². The summed E-state index contributed by atoms with van der Waals surface area (Å²) in [5.74, 6) is 0.507. The molecule has 3 aromatic rings. The topological polar surface area (TPSA) is 71.5 Å². The highest BCUT2D eigenvalue weighted by atomic mass is 32.1.